The standard InChI is InChI=1S/C18H27N3O2/c1-4-12(2)17(22)11-20-18(23)19-10-9-14-13(3)21-16-8-6-5-7-15(14)16/h5-8,12,17,21-22H,4,9-11H2,1-3H3,(H2,19,20,23). The zero-order valence-electron chi connectivity index (χ0n) is 14.1. The second kappa shape index (κ2) is 8.02. The Morgan fingerprint density at radius 3 is 2.78 bits per heavy atom. The Labute approximate surface area is 137 Å². The lowest BCUT2D eigenvalue weighted by Gasteiger charge is -2.17. The van der Waals surface area contributed by atoms with Gasteiger partial charge in [-0.05, 0) is 30.9 Å². The lowest BCUT2D eigenvalue weighted by molar-refractivity contribution is 0.114. The van der Waals surface area contributed by atoms with E-state index in [1.54, 1.807) is 0 Å². The Kier molecular flexibility index (Phi) is 6.04. The molecule has 0 aliphatic rings. The molecule has 1 aromatic heterocycles. The van der Waals surface area contributed by atoms with Crippen molar-refractivity contribution >= 4 is 16.9 Å². The fourth-order valence-corrected chi connectivity index (χ4v) is 2.69. The number of nitrogens with one attached hydrogen (secondary N) is 3. The first-order chi connectivity index (χ1) is 11.0. The number of urea groups is 1. The molecule has 5 heteroatoms. The van der Waals surface area contributed by atoms with Crippen molar-refractivity contribution in [2.45, 2.75) is 39.7 Å². The van der Waals surface area contributed by atoms with Gasteiger partial charge in [-0.3, -0.25) is 0 Å². The Morgan fingerprint density at radius 1 is 1.30 bits per heavy atom. The number of carbonyl (C=O) groups is 1. The molecule has 0 saturated carbocycles. The van der Waals surface area contributed by atoms with Crippen molar-refractivity contribution in [1.82, 2.24) is 15.6 Å². The number of hydrogen-bond acceptors (Lipinski definition) is 2. The van der Waals surface area contributed by atoms with Crippen molar-refractivity contribution in [3.8, 4) is 0 Å². The van der Waals surface area contributed by atoms with Crippen molar-refractivity contribution in [2.75, 3.05) is 13.1 Å². The van der Waals surface area contributed by atoms with Crippen LogP contribution in [-0.4, -0.2) is 35.3 Å². The molecule has 2 aromatic rings. The van der Waals surface area contributed by atoms with Crippen LogP contribution in [0.15, 0.2) is 24.3 Å². The number of aromatic amines is 1. The van der Waals surface area contributed by atoms with E-state index in [4.69, 9.17) is 0 Å². The molecule has 23 heavy (non-hydrogen) atoms. The molecule has 126 valence electrons. The van der Waals surface area contributed by atoms with Crippen LogP contribution in [0.2, 0.25) is 0 Å². The second-order valence-electron chi connectivity index (χ2n) is 6.11. The van der Waals surface area contributed by atoms with Crippen molar-refractivity contribution in [2.24, 2.45) is 5.92 Å². The van der Waals surface area contributed by atoms with Gasteiger partial charge in [-0.1, -0.05) is 38.5 Å². The molecule has 0 radical (unpaired) electrons. The van der Waals surface area contributed by atoms with E-state index in [2.05, 4.69) is 34.7 Å². The molecule has 0 spiro atoms. The van der Waals surface area contributed by atoms with E-state index in [-0.39, 0.29) is 18.5 Å². The number of aryl methyl sites for hydroxylation is 1. The molecule has 0 bridgehead atoms. The van der Waals surface area contributed by atoms with Crippen molar-refractivity contribution < 1.29 is 9.90 Å². The first-order valence-electron chi connectivity index (χ1n) is 8.28. The first kappa shape index (κ1) is 17.3. The third-order valence-electron chi connectivity index (χ3n) is 4.46. The minimum absolute atomic E-state index is 0.184. The van der Waals surface area contributed by atoms with Gasteiger partial charge in [0.2, 0.25) is 0 Å². The Bertz CT molecular complexity index is 651. The summed E-state index contributed by atoms with van der Waals surface area (Å²) in [6, 6.07) is 7.95. The Balaban J connectivity index is 1.80. The van der Waals surface area contributed by atoms with Crippen LogP contribution in [0.4, 0.5) is 4.79 Å². The largest absolute Gasteiger partial charge is 0.391 e. The summed E-state index contributed by atoms with van der Waals surface area (Å²) in [5, 5.41) is 16.6. The number of fused-ring (bicyclic) bond motifs is 1. The molecule has 0 saturated heterocycles. The number of hydrogen-bond donors (Lipinski definition) is 4. The summed E-state index contributed by atoms with van der Waals surface area (Å²) < 4.78 is 0. The highest BCUT2D eigenvalue weighted by atomic mass is 16.3. The van der Waals surface area contributed by atoms with Crippen LogP contribution < -0.4 is 10.6 Å². The summed E-state index contributed by atoms with van der Waals surface area (Å²) in [5.41, 5.74) is 3.50. The third kappa shape index (κ3) is 4.48. The molecular formula is C18H27N3O2. The summed E-state index contributed by atoms with van der Waals surface area (Å²) in [4.78, 5) is 15.2. The van der Waals surface area contributed by atoms with Gasteiger partial charge in [-0.25, -0.2) is 4.79 Å². The summed E-state index contributed by atoms with van der Waals surface area (Å²) in [6.07, 6.45) is 1.17. The molecule has 2 unspecified atom stereocenters. The van der Waals surface area contributed by atoms with E-state index in [0.29, 0.717) is 6.54 Å². The number of carbonyl (C=O) groups excluding carboxylic acids is 1. The predicted molar refractivity (Wildman–Crippen MR) is 93.6 cm³/mol. The van der Waals surface area contributed by atoms with Crippen LogP contribution in [0.1, 0.15) is 31.5 Å². The van der Waals surface area contributed by atoms with Crippen LogP contribution in [0.25, 0.3) is 10.9 Å². The van der Waals surface area contributed by atoms with Crippen molar-refractivity contribution in [1.29, 1.82) is 0 Å². The van der Waals surface area contributed by atoms with Crippen LogP contribution in [-0.2, 0) is 6.42 Å². The van der Waals surface area contributed by atoms with Crippen LogP contribution >= 0.6 is 0 Å². The summed E-state index contributed by atoms with van der Waals surface area (Å²) in [6.45, 7) is 6.90. The van der Waals surface area contributed by atoms with Crippen LogP contribution in [0.5, 0.6) is 0 Å². The lowest BCUT2D eigenvalue weighted by Crippen LogP contribution is -2.42. The maximum atomic E-state index is 11.8. The number of amides is 2. The van der Waals surface area contributed by atoms with Gasteiger partial charge in [0.15, 0.2) is 0 Å². The van der Waals surface area contributed by atoms with Gasteiger partial charge in [0.25, 0.3) is 0 Å². The average molecular weight is 317 g/mol. The zero-order valence-corrected chi connectivity index (χ0v) is 14.1. The van der Waals surface area contributed by atoms with E-state index in [1.165, 1.54) is 10.9 Å². The second-order valence-corrected chi connectivity index (χ2v) is 6.11. The number of aliphatic hydroxyl groups is 1. The molecule has 0 fully saturated rings. The molecule has 2 amide bonds. The van der Waals surface area contributed by atoms with Gasteiger partial charge < -0.3 is 20.7 Å². The van der Waals surface area contributed by atoms with Gasteiger partial charge in [-0.2, -0.15) is 0 Å². The highest BCUT2D eigenvalue weighted by molar-refractivity contribution is 5.84. The maximum absolute atomic E-state index is 11.8. The van der Waals surface area contributed by atoms with Crippen LogP contribution in [0, 0.1) is 12.8 Å². The number of para-hydroxylation sites is 1. The minimum Gasteiger partial charge on any atom is -0.391 e. The number of aromatic nitrogens is 1. The average Bonchev–Trinajstić information content (AvgIpc) is 2.87. The number of H-pyrrole nitrogens is 1. The van der Waals surface area contributed by atoms with Crippen LogP contribution in [0.3, 0.4) is 0 Å². The molecule has 1 heterocycles. The molecule has 0 aliphatic heterocycles. The van der Waals surface area contributed by atoms with Gasteiger partial charge in [0.05, 0.1) is 6.10 Å². The van der Waals surface area contributed by atoms with Gasteiger partial charge in [0.1, 0.15) is 0 Å². The Hall–Kier alpha value is -2.01. The molecule has 5 nitrogen and oxygen atoms in total. The smallest absolute Gasteiger partial charge is 0.314 e. The number of aliphatic hydroxyl groups excluding tert-OH is 1. The summed E-state index contributed by atoms with van der Waals surface area (Å²) in [7, 11) is 0. The van der Waals surface area contributed by atoms with E-state index in [0.717, 1.165) is 24.1 Å². The highest BCUT2D eigenvalue weighted by Gasteiger charge is 2.13. The molecule has 2 rings (SSSR count). The molecule has 0 aliphatic carbocycles. The Morgan fingerprint density at radius 2 is 2.04 bits per heavy atom. The quantitative estimate of drug-likeness (QED) is 0.634. The number of benzene rings is 1. The normalized spacial score (nSPS) is 13.7. The fourth-order valence-electron chi connectivity index (χ4n) is 2.69. The summed E-state index contributed by atoms with van der Waals surface area (Å²) in [5.74, 6) is 0.184. The molecule has 1 aromatic carbocycles. The lowest BCUT2D eigenvalue weighted by atomic mass is 10.0. The summed E-state index contributed by atoms with van der Waals surface area (Å²) >= 11 is 0. The molecular weight excluding hydrogens is 290 g/mol. The zero-order chi connectivity index (χ0) is 16.8. The SMILES string of the molecule is CCC(C)C(O)CNC(=O)NCCc1c(C)[nH]c2ccccc12. The number of rotatable bonds is 7. The highest BCUT2D eigenvalue weighted by Crippen LogP contribution is 2.21. The van der Waals surface area contributed by atoms with Crippen molar-refractivity contribution in [3.05, 3.63) is 35.5 Å². The van der Waals surface area contributed by atoms with E-state index in [1.807, 2.05) is 26.0 Å². The van der Waals surface area contributed by atoms with E-state index >= 15 is 0 Å². The molecule has 2 atom stereocenters. The van der Waals surface area contributed by atoms with Crippen molar-refractivity contribution in [3.63, 3.8) is 0 Å². The van der Waals surface area contributed by atoms with Gasteiger partial charge in [0, 0.05) is 29.7 Å². The van der Waals surface area contributed by atoms with E-state index < -0.39 is 6.10 Å². The predicted octanol–water partition coefficient (Wildman–Crippen LogP) is 2.73. The first-order valence-corrected chi connectivity index (χ1v) is 8.28. The third-order valence-corrected chi connectivity index (χ3v) is 4.46. The molecule has 4 N–H and O–H groups in total. The fraction of sp³-hybridized carbons (Fsp3) is 0.500. The monoisotopic (exact) mass is 317 g/mol. The van der Waals surface area contributed by atoms with Gasteiger partial charge in [-0.15, -0.1) is 0 Å². The minimum atomic E-state index is -0.499. The van der Waals surface area contributed by atoms with E-state index in [9.17, 15) is 9.90 Å². The maximum Gasteiger partial charge on any atom is 0.314 e. The van der Waals surface area contributed by atoms with Gasteiger partial charge >= 0.3 is 6.03 Å². The topological polar surface area (TPSA) is 77.2 Å².